The number of Topliss-reactive ketones (excluding diaryl/α,β-unsaturated/α-hetero) is 1. The van der Waals surface area contributed by atoms with Crippen LogP contribution < -0.4 is 0 Å². The Bertz CT molecular complexity index is 624. The quantitative estimate of drug-likeness (QED) is 0.750. The van der Waals surface area contributed by atoms with Crippen molar-refractivity contribution in [1.29, 1.82) is 0 Å². The van der Waals surface area contributed by atoms with Crippen LogP contribution in [0.15, 0.2) is 36.5 Å². The second-order valence-corrected chi connectivity index (χ2v) is 6.39. The minimum absolute atomic E-state index is 0.197. The van der Waals surface area contributed by atoms with Crippen LogP contribution in [-0.2, 0) is 0 Å². The zero-order valence-corrected chi connectivity index (χ0v) is 12.2. The number of hydrogen-bond donors (Lipinski definition) is 0. The topological polar surface area (TPSA) is 30.0 Å². The number of carbonyl (C=O) groups excluding carboxylic acids is 1. The van der Waals surface area contributed by atoms with Crippen LogP contribution in [0.25, 0.3) is 10.9 Å². The number of aromatic nitrogens is 1. The van der Waals surface area contributed by atoms with Crippen molar-refractivity contribution in [2.75, 3.05) is 0 Å². The molecule has 0 spiro atoms. The summed E-state index contributed by atoms with van der Waals surface area (Å²) in [7, 11) is 0. The smallest absolute Gasteiger partial charge is 0.165 e. The third kappa shape index (κ3) is 2.60. The van der Waals surface area contributed by atoms with Crippen LogP contribution in [0, 0.1) is 17.8 Å². The Morgan fingerprint density at radius 1 is 1.10 bits per heavy atom. The van der Waals surface area contributed by atoms with Crippen molar-refractivity contribution in [2.45, 2.75) is 33.1 Å². The number of hydrogen-bond acceptors (Lipinski definition) is 2. The molecule has 1 aromatic heterocycles. The lowest BCUT2D eigenvalue weighted by Crippen LogP contribution is -2.26. The Balaban J connectivity index is 1.88. The van der Waals surface area contributed by atoms with Gasteiger partial charge < -0.3 is 0 Å². The van der Waals surface area contributed by atoms with Crippen molar-refractivity contribution in [3.05, 3.63) is 42.1 Å². The number of ketones is 1. The van der Waals surface area contributed by atoms with Gasteiger partial charge in [-0.2, -0.15) is 0 Å². The summed E-state index contributed by atoms with van der Waals surface area (Å²) in [6.45, 7) is 4.53. The van der Waals surface area contributed by atoms with E-state index in [0.29, 0.717) is 17.6 Å². The predicted molar refractivity (Wildman–Crippen MR) is 81.7 cm³/mol. The average Bonchev–Trinajstić information content (AvgIpc) is 2.45. The number of benzene rings is 1. The molecule has 0 radical (unpaired) electrons. The molecule has 1 aliphatic rings. The highest BCUT2D eigenvalue weighted by Crippen LogP contribution is 2.35. The van der Waals surface area contributed by atoms with Gasteiger partial charge in [0.2, 0.25) is 0 Å². The van der Waals surface area contributed by atoms with Gasteiger partial charge >= 0.3 is 0 Å². The minimum Gasteiger partial charge on any atom is -0.294 e. The van der Waals surface area contributed by atoms with Crippen LogP contribution in [0.3, 0.4) is 0 Å². The van der Waals surface area contributed by atoms with E-state index < -0.39 is 0 Å². The number of nitrogens with zero attached hydrogens (tertiary/aromatic N) is 1. The maximum atomic E-state index is 12.7. The van der Waals surface area contributed by atoms with Gasteiger partial charge in [0.15, 0.2) is 5.78 Å². The molecule has 1 saturated carbocycles. The molecule has 2 heteroatoms. The van der Waals surface area contributed by atoms with Gasteiger partial charge in [0.1, 0.15) is 0 Å². The van der Waals surface area contributed by atoms with Gasteiger partial charge in [0, 0.05) is 23.1 Å². The maximum absolute atomic E-state index is 12.7. The number of rotatable bonds is 2. The van der Waals surface area contributed by atoms with Crippen molar-refractivity contribution >= 4 is 16.7 Å². The highest BCUT2D eigenvalue weighted by molar-refractivity contribution is 6.00. The molecule has 0 aliphatic heterocycles. The van der Waals surface area contributed by atoms with Crippen molar-refractivity contribution in [2.24, 2.45) is 17.8 Å². The first kappa shape index (κ1) is 13.3. The first-order valence-electron chi connectivity index (χ1n) is 7.52. The first-order valence-corrected chi connectivity index (χ1v) is 7.52. The Kier molecular flexibility index (Phi) is 3.56. The summed E-state index contributed by atoms with van der Waals surface area (Å²) >= 11 is 0. The summed E-state index contributed by atoms with van der Waals surface area (Å²) in [6, 6.07) is 9.82. The zero-order chi connectivity index (χ0) is 14.1. The normalized spacial score (nSPS) is 26.6. The van der Waals surface area contributed by atoms with Gasteiger partial charge in [-0.3, -0.25) is 9.78 Å². The second-order valence-electron chi connectivity index (χ2n) is 6.39. The molecule has 1 heterocycles. The molecule has 0 N–H and O–H groups in total. The van der Waals surface area contributed by atoms with Crippen LogP contribution in [0.5, 0.6) is 0 Å². The number of carbonyl (C=O) groups is 1. The van der Waals surface area contributed by atoms with E-state index in [1.165, 1.54) is 6.42 Å². The fourth-order valence-electron chi connectivity index (χ4n) is 3.63. The van der Waals surface area contributed by atoms with Crippen LogP contribution >= 0.6 is 0 Å². The molecule has 2 aromatic rings. The van der Waals surface area contributed by atoms with E-state index in [1.807, 2.05) is 30.3 Å². The van der Waals surface area contributed by atoms with Gasteiger partial charge in [-0.05, 0) is 55.4 Å². The summed E-state index contributed by atoms with van der Waals surface area (Å²) in [5.74, 6) is 1.83. The Hall–Kier alpha value is -1.70. The maximum Gasteiger partial charge on any atom is 0.165 e. The van der Waals surface area contributed by atoms with Gasteiger partial charge in [0.05, 0.1) is 5.52 Å². The molecule has 1 fully saturated rings. The van der Waals surface area contributed by atoms with E-state index in [4.69, 9.17) is 0 Å². The van der Waals surface area contributed by atoms with Gasteiger partial charge in [-0.25, -0.2) is 0 Å². The largest absolute Gasteiger partial charge is 0.294 e. The van der Waals surface area contributed by atoms with E-state index in [2.05, 4.69) is 18.8 Å². The first-order chi connectivity index (χ1) is 9.63. The standard InChI is InChI=1S/C18H21NO/c1-12-8-13(2)10-16(9-12)18(20)15-5-6-17-14(11-15)4-3-7-19-17/h3-7,11-13,16H,8-10H2,1-2H3. The lowest BCUT2D eigenvalue weighted by atomic mass is 9.74. The highest BCUT2D eigenvalue weighted by Gasteiger charge is 2.29. The van der Waals surface area contributed by atoms with Crippen LogP contribution in [0.1, 0.15) is 43.5 Å². The van der Waals surface area contributed by atoms with E-state index in [1.54, 1.807) is 6.20 Å². The second kappa shape index (κ2) is 5.35. The molecule has 0 bridgehead atoms. The molecule has 0 saturated heterocycles. The van der Waals surface area contributed by atoms with Crippen molar-refractivity contribution in [3.63, 3.8) is 0 Å². The minimum atomic E-state index is 0.197. The molecule has 0 amide bonds. The third-order valence-corrected chi connectivity index (χ3v) is 4.44. The van der Waals surface area contributed by atoms with Crippen LogP contribution in [0.4, 0.5) is 0 Å². The average molecular weight is 267 g/mol. The lowest BCUT2D eigenvalue weighted by molar-refractivity contribution is 0.0836. The van der Waals surface area contributed by atoms with Gasteiger partial charge in [-0.1, -0.05) is 19.9 Å². The molecular formula is C18H21NO. The number of pyridine rings is 1. The predicted octanol–water partition coefficient (Wildman–Crippen LogP) is 4.49. The molecule has 3 rings (SSSR count). The third-order valence-electron chi connectivity index (χ3n) is 4.44. The van der Waals surface area contributed by atoms with Crippen molar-refractivity contribution < 1.29 is 4.79 Å². The zero-order valence-electron chi connectivity index (χ0n) is 12.2. The van der Waals surface area contributed by atoms with Gasteiger partial charge in [-0.15, -0.1) is 0 Å². The van der Waals surface area contributed by atoms with Crippen molar-refractivity contribution in [3.8, 4) is 0 Å². The Morgan fingerprint density at radius 2 is 1.85 bits per heavy atom. The Morgan fingerprint density at radius 3 is 2.60 bits per heavy atom. The van der Waals surface area contributed by atoms with E-state index in [0.717, 1.165) is 29.3 Å². The highest BCUT2D eigenvalue weighted by atomic mass is 16.1. The van der Waals surface area contributed by atoms with Crippen molar-refractivity contribution in [1.82, 2.24) is 4.98 Å². The van der Waals surface area contributed by atoms with Crippen LogP contribution in [-0.4, -0.2) is 10.8 Å². The summed E-state index contributed by atoms with van der Waals surface area (Å²) in [4.78, 5) is 17.0. The fourth-order valence-corrected chi connectivity index (χ4v) is 3.63. The molecule has 2 nitrogen and oxygen atoms in total. The summed E-state index contributed by atoms with van der Waals surface area (Å²) in [5, 5.41) is 1.05. The molecule has 2 atom stereocenters. The molecule has 104 valence electrons. The summed E-state index contributed by atoms with van der Waals surface area (Å²) in [5.41, 5.74) is 1.80. The molecule has 20 heavy (non-hydrogen) atoms. The lowest BCUT2D eigenvalue weighted by Gasteiger charge is -2.30. The summed E-state index contributed by atoms with van der Waals surface area (Å²) < 4.78 is 0. The SMILES string of the molecule is CC1CC(C)CC(C(=O)c2ccc3ncccc3c2)C1. The molecule has 1 aliphatic carbocycles. The molecule has 1 aromatic carbocycles. The molecular weight excluding hydrogens is 246 g/mol. The fraction of sp³-hybridized carbons (Fsp3) is 0.444. The summed E-state index contributed by atoms with van der Waals surface area (Å²) in [6.07, 6.45) is 5.11. The molecule has 2 unspecified atom stereocenters. The van der Waals surface area contributed by atoms with Crippen LogP contribution in [0.2, 0.25) is 0 Å². The van der Waals surface area contributed by atoms with Gasteiger partial charge in [0.25, 0.3) is 0 Å². The van der Waals surface area contributed by atoms with E-state index in [-0.39, 0.29) is 5.92 Å². The number of fused-ring (bicyclic) bond motifs is 1. The Labute approximate surface area is 120 Å². The monoisotopic (exact) mass is 267 g/mol. The van der Waals surface area contributed by atoms with E-state index >= 15 is 0 Å². The van der Waals surface area contributed by atoms with E-state index in [9.17, 15) is 4.79 Å².